The summed E-state index contributed by atoms with van der Waals surface area (Å²) in [4.78, 5) is 29.3. The highest BCUT2D eigenvalue weighted by Crippen LogP contribution is 2.60. The molecule has 0 aromatic heterocycles. The van der Waals surface area contributed by atoms with Crippen molar-refractivity contribution in [2.75, 3.05) is 37.6 Å². The number of piperazine rings is 1. The van der Waals surface area contributed by atoms with Crippen LogP contribution >= 0.6 is 0 Å². The van der Waals surface area contributed by atoms with Crippen LogP contribution in [0.1, 0.15) is 56.9 Å². The largest absolute Gasteiger partial charge is 0.416 e. The maximum atomic E-state index is 13.0. The number of hydrogen-bond donors (Lipinski definition) is 1. The maximum Gasteiger partial charge on any atom is 0.416 e. The maximum absolute atomic E-state index is 13.0. The van der Waals surface area contributed by atoms with Crippen molar-refractivity contribution in [2.24, 2.45) is 23.2 Å². The van der Waals surface area contributed by atoms with Crippen LogP contribution in [0.2, 0.25) is 0 Å². The van der Waals surface area contributed by atoms with Crippen LogP contribution in [0.5, 0.6) is 0 Å². The summed E-state index contributed by atoms with van der Waals surface area (Å²) >= 11 is 0. The molecule has 0 spiro atoms. The fourth-order valence-electron chi connectivity index (χ4n) is 7.27. The molecule has 0 unspecified atom stereocenters. The number of nitrogens with zero attached hydrogens (tertiary/aromatic N) is 2. The number of alkyl halides is 3. The molecule has 0 atom stereocenters. The topological polar surface area (TPSA) is 52.7 Å². The molecule has 1 heterocycles. The highest BCUT2D eigenvalue weighted by Gasteiger charge is 2.54. The first-order valence-corrected chi connectivity index (χ1v) is 12.7. The number of anilines is 1. The van der Waals surface area contributed by atoms with E-state index in [1.807, 2.05) is 4.90 Å². The number of nitrogens with one attached hydrogen (secondary N) is 1. The van der Waals surface area contributed by atoms with Crippen LogP contribution in [0.3, 0.4) is 0 Å². The van der Waals surface area contributed by atoms with E-state index in [2.05, 4.69) is 5.32 Å². The SMILES string of the molecule is O=C(CCCNC(=O)C12CC3CC(CC(C3)C1)C2)N1CCN(c2cccc(C(F)(F)F)c2)CC1. The molecule has 5 fully saturated rings. The Kier molecular flexibility index (Phi) is 6.27. The molecule has 8 heteroatoms. The van der Waals surface area contributed by atoms with Gasteiger partial charge in [0.25, 0.3) is 0 Å². The van der Waals surface area contributed by atoms with Gasteiger partial charge < -0.3 is 15.1 Å². The molecule has 6 rings (SSSR count). The number of halogens is 3. The minimum Gasteiger partial charge on any atom is -0.368 e. The third-order valence-corrected chi connectivity index (χ3v) is 8.54. The van der Waals surface area contributed by atoms with Crippen LogP contribution in [0.15, 0.2) is 24.3 Å². The van der Waals surface area contributed by atoms with Gasteiger partial charge in [-0.3, -0.25) is 9.59 Å². The van der Waals surface area contributed by atoms with Gasteiger partial charge in [0.15, 0.2) is 0 Å². The van der Waals surface area contributed by atoms with Crippen LogP contribution in [0.25, 0.3) is 0 Å². The van der Waals surface area contributed by atoms with E-state index >= 15 is 0 Å². The van der Waals surface area contributed by atoms with E-state index in [1.54, 1.807) is 11.0 Å². The lowest BCUT2D eigenvalue weighted by atomic mass is 9.49. The zero-order valence-corrected chi connectivity index (χ0v) is 19.6. The van der Waals surface area contributed by atoms with Gasteiger partial charge in [-0.05, 0) is 80.9 Å². The van der Waals surface area contributed by atoms with Crippen molar-refractivity contribution in [3.8, 4) is 0 Å². The molecule has 1 saturated heterocycles. The molecule has 1 aliphatic heterocycles. The van der Waals surface area contributed by atoms with Gasteiger partial charge in [0.2, 0.25) is 11.8 Å². The number of carbonyl (C=O) groups is 2. The van der Waals surface area contributed by atoms with Gasteiger partial charge in [-0.1, -0.05) is 6.07 Å². The second-order valence-electron chi connectivity index (χ2n) is 11.0. The molecule has 0 radical (unpaired) electrons. The van der Waals surface area contributed by atoms with E-state index in [-0.39, 0.29) is 17.2 Å². The third kappa shape index (κ3) is 4.78. The Bertz CT molecular complexity index is 889. The summed E-state index contributed by atoms with van der Waals surface area (Å²) < 4.78 is 39.0. The van der Waals surface area contributed by atoms with Crippen molar-refractivity contribution in [1.29, 1.82) is 0 Å². The summed E-state index contributed by atoms with van der Waals surface area (Å²) in [6, 6.07) is 5.35. The molecule has 4 bridgehead atoms. The Morgan fingerprint density at radius 2 is 1.59 bits per heavy atom. The summed E-state index contributed by atoms with van der Waals surface area (Å²) in [5, 5.41) is 3.13. The molecule has 2 amide bonds. The Labute approximate surface area is 199 Å². The van der Waals surface area contributed by atoms with Crippen LogP contribution in [0, 0.1) is 23.2 Å². The van der Waals surface area contributed by atoms with E-state index in [9.17, 15) is 22.8 Å². The summed E-state index contributed by atoms with van der Waals surface area (Å²) in [7, 11) is 0. The molecular formula is C26H34F3N3O2. The molecule has 186 valence electrons. The van der Waals surface area contributed by atoms with Gasteiger partial charge in [0.05, 0.1) is 5.56 Å². The molecule has 4 aliphatic carbocycles. The predicted octanol–water partition coefficient (Wildman–Crippen LogP) is 4.47. The number of hydrogen-bond acceptors (Lipinski definition) is 3. The Balaban J connectivity index is 1.04. The van der Waals surface area contributed by atoms with Gasteiger partial charge in [0, 0.05) is 50.2 Å². The fourth-order valence-corrected chi connectivity index (χ4v) is 7.27. The molecule has 1 aromatic carbocycles. The fraction of sp³-hybridized carbons (Fsp3) is 0.692. The van der Waals surface area contributed by atoms with Gasteiger partial charge in [-0.25, -0.2) is 0 Å². The average Bonchev–Trinajstić information content (AvgIpc) is 2.80. The summed E-state index contributed by atoms with van der Waals surface area (Å²) in [5.41, 5.74) is -0.271. The summed E-state index contributed by atoms with van der Waals surface area (Å²) in [6.07, 6.45) is 3.68. The van der Waals surface area contributed by atoms with E-state index in [1.165, 1.54) is 31.4 Å². The molecular weight excluding hydrogens is 443 g/mol. The van der Waals surface area contributed by atoms with Crippen molar-refractivity contribution in [1.82, 2.24) is 10.2 Å². The second kappa shape index (κ2) is 9.08. The van der Waals surface area contributed by atoms with Crippen LogP contribution in [-0.2, 0) is 15.8 Å². The molecule has 5 nitrogen and oxygen atoms in total. The monoisotopic (exact) mass is 477 g/mol. The lowest BCUT2D eigenvalue weighted by Crippen LogP contribution is -2.53. The van der Waals surface area contributed by atoms with Crippen LogP contribution in [-0.4, -0.2) is 49.4 Å². The predicted molar refractivity (Wildman–Crippen MR) is 123 cm³/mol. The Hall–Kier alpha value is -2.25. The lowest BCUT2D eigenvalue weighted by Gasteiger charge is -2.55. The number of carbonyl (C=O) groups excluding carboxylic acids is 2. The first-order chi connectivity index (χ1) is 16.2. The smallest absolute Gasteiger partial charge is 0.368 e. The van der Waals surface area contributed by atoms with Crippen molar-refractivity contribution in [3.05, 3.63) is 29.8 Å². The van der Waals surface area contributed by atoms with E-state index in [0.29, 0.717) is 51.3 Å². The lowest BCUT2D eigenvalue weighted by molar-refractivity contribution is -0.146. The quantitative estimate of drug-likeness (QED) is 0.616. The van der Waals surface area contributed by atoms with Gasteiger partial charge >= 0.3 is 6.18 Å². The van der Waals surface area contributed by atoms with E-state index < -0.39 is 11.7 Å². The molecule has 34 heavy (non-hydrogen) atoms. The zero-order chi connectivity index (χ0) is 23.9. The minimum atomic E-state index is -4.36. The minimum absolute atomic E-state index is 0.0488. The van der Waals surface area contributed by atoms with Crippen molar-refractivity contribution in [2.45, 2.75) is 57.5 Å². The molecule has 5 aliphatic rings. The van der Waals surface area contributed by atoms with Crippen molar-refractivity contribution in [3.63, 3.8) is 0 Å². The van der Waals surface area contributed by atoms with Crippen LogP contribution in [0.4, 0.5) is 18.9 Å². The Morgan fingerprint density at radius 1 is 0.971 bits per heavy atom. The number of benzene rings is 1. The van der Waals surface area contributed by atoms with Crippen molar-refractivity contribution >= 4 is 17.5 Å². The summed E-state index contributed by atoms with van der Waals surface area (Å²) in [5.74, 6) is 2.44. The van der Waals surface area contributed by atoms with Gasteiger partial charge in [0.1, 0.15) is 0 Å². The Morgan fingerprint density at radius 3 is 2.18 bits per heavy atom. The van der Waals surface area contributed by atoms with E-state index in [4.69, 9.17) is 0 Å². The number of rotatable bonds is 6. The highest BCUT2D eigenvalue weighted by atomic mass is 19.4. The second-order valence-corrected chi connectivity index (χ2v) is 11.0. The standard InChI is InChI=1S/C26H34F3N3O2/c27-26(28,29)21-3-1-4-22(14-21)31-7-9-32(10-8-31)23(33)5-2-6-30-24(34)25-15-18-11-19(16-25)13-20(12-18)17-25/h1,3-4,14,18-20H,2,5-13,15-17H2,(H,30,34). The summed E-state index contributed by atoms with van der Waals surface area (Å²) in [6.45, 7) is 2.53. The average molecular weight is 478 g/mol. The van der Waals surface area contributed by atoms with E-state index in [0.717, 1.165) is 43.1 Å². The molecule has 4 saturated carbocycles. The third-order valence-electron chi connectivity index (χ3n) is 8.54. The zero-order valence-electron chi connectivity index (χ0n) is 19.6. The first-order valence-electron chi connectivity index (χ1n) is 12.7. The highest BCUT2D eigenvalue weighted by molar-refractivity contribution is 5.83. The molecule has 1 aromatic rings. The van der Waals surface area contributed by atoms with Gasteiger partial charge in [-0.15, -0.1) is 0 Å². The van der Waals surface area contributed by atoms with Crippen LogP contribution < -0.4 is 10.2 Å². The first kappa shape index (κ1) is 23.5. The molecule has 1 N–H and O–H groups in total. The van der Waals surface area contributed by atoms with Crippen molar-refractivity contribution < 1.29 is 22.8 Å². The normalized spacial score (nSPS) is 30.5. The van der Waals surface area contributed by atoms with Gasteiger partial charge in [-0.2, -0.15) is 13.2 Å². The number of amides is 2.